The van der Waals surface area contributed by atoms with E-state index >= 15 is 0 Å². The Morgan fingerprint density at radius 2 is 1.74 bits per heavy atom. The van der Waals surface area contributed by atoms with Crippen molar-refractivity contribution in [3.05, 3.63) is 42.0 Å². The molecule has 3 rings (SSSR count). The quantitative estimate of drug-likeness (QED) is 0.590. The minimum absolute atomic E-state index is 0.0504. The van der Waals surface area contributed by atoms with Crippen molar-refractivity contribution in [2.75, 3.05) is 0 Å². The maximum Gasteiger partial charge on any atom is 0.161 e. The standard InChI is InChI=1S/C13H8F2N2O2/c14-8-4-10-11(5-9(8)15)17-13(16-10)7-3-6(18)1-2-12(7)19/h1-5,18-19H,(H,16,17). The predicted octanol–water partition coefficient (Wildman–Crippen LogP) is 2.92. The number of aromatic amines is 1. The molecule has 0 radical (unpaired) electrons. The SMILES string of the molecule is Oc1ccc(O)c(-c2nc3cc(F)c(F)cc3[nH]2)c1. The lowest BCUT2D eigenvalue weighted by Crippen LogP contribution is -1.82. The number of benzene rings is 2. The van der Waals surface area contributed by atoms with Gasteiger partial charge in [-0.05, 0) is 18.2 Å². The maximum atomic E-state index is 13.1. The van der Waals surface area contributed by atoms with Gasteiger partial charge in [0.05, 0.1) is 16.6 Å². The fourth-order valence-electron chi connectivity index (χ4n) is 1.85. The van der Waals surface area contributed by atoms with Crippen LogP contribution >= 0.6 is 0 Å². The number of halogens is 2. The van der Waals surface area contributed by atoms with Crippen LogP contribution in [0.2, 0.25) is 0 Å². The molecular formula is C13H8F2N2O2. The molecule has 4 nitrogen and oxygen atoms in total. The van der Waals surface area contributed by atoms with E-state index in [9.17, 15) is 19.0 Å². The number of phenols is 2. The Morgan fingerprint density at radius 1 is 1.00 bits per heavy atom. The molecule has 19 heavy (non-hydrogen) atoms. The van der Waals surface area contributed by atoms with Gasteiger partial charge < -0.3 is 15.2 Å². The van der Waals surface area contributed by atoms with Crippen molar-refractivity contribution in [2.24, 2.45) is 0 Å². The van der Waals surface area contributed by atoms with Crippen molar-refractivity contribution >= 4 is 11.0 Å². The second-order valence-electron chi connectivity index (χ2n) is 4.07. The molecule has 96 valence electrons. The van der Waals surface area contributed by atoms with Gasteiger partial charge in [0.25, 0.3) is 0 Å². The Morgan fingerprint density at radius 3 is 2.53 bits per heavy atom. The molecule has 0 unspecified atom stereocenters. The summed E-state index contributed by atoms with van der Waals surface area (Å²) in [6, 6.07) is 5.88. The van der Waals surface area contributed by atoms with Crippen LogP contribution in [0.15, 0.2) is 30.3 Å². The summed E-state index contributed by atoms with van der Waals surface area (Å²) in [6.45, 7) is 0. The molecule has 0 amide bonds. The van der Waals surface area contributed by atoms with Crippen molar-refractivity contribution in [1.29, 1.82) is 0 Å². The van der Waals surface area contributed by atoms with E-state index in [1.54, 1.807) is 0 Å². The van der Waals surface area contributed by atoms with Crippen LogP contribution in [0.5, 0.6) is 11.5 Å². The molecule has 0 aliphatic heterocycles. The normalized spacial score (nSPS) is 11.1. The molecule has 0 saturated heterocycles. The number of nitrogens with one attached hydrogen (secondary N) is 1. The number of nitrogens with zero attached hydrogens (tertiary/aromatic N) is 1. The van der Waals surface area contributed by atoms with Gasteiger partial charge in [0.15, 0.2) is 11.6 Å². The number of fused-ring (bicyclic) bond motifs is 1. The van der Waals surface area contributed by atoms with Crippen LogP contribution in [0, 0.1) is 11.6 Å². The fraction of sp³-hybridized carbons (Fsp3) is 0. The summed E-state index contributed by atoms with van der Waals surface area (Å²) in [5, 5.41) is 19.1. The second kappa shape index (κ2) is 3.94. The highest BCUT2D eigenvalue weighted by molar-refractivity contribution is 5.81. The molecule has 1 heterocycles. The predicted molar refractivity (Wildman–Crippen MR) is 64.8 cm³/mol. The topological polar surface area (TPSA) is 69.1 Å². The molecule has 0 bridgehead atoms. The van der Waals surface area contributed by atoms with E-state index in [4.69, 9.17) is 0 Å². The summed E-state index contributed by atoms with van der Waals surface area (Å²) >= 11 is 0. The Kier molecular flexibility index (Phi) is 2.38. The van der Waals surface area contributed by atoms with E-state index in [0.717, 1.165) is 12.1 Å². The van der Waals surface area contributed by atoms with Crippen molar-refractivity contribution in [2.45, 2.75) is 0 Å². The number of aromatic hydroxyl groups is 2. The van der Waals surface area contributed by atoms with Crippen LogP contribution in [-0.4, -0.2) is 20.2 Å². The lowest BCUT2D eigenvalue weighted by atomic mass is 10.2. The van der Waals surface area contributed by atoms with Crippen molar-refractivity contribution in [3.8, 4) is 22.9 Å². The van der Waals surface area contributed by atoms with Crippen molar-refractivity contribution in [3.63, 3.8) is 0 Å². The number of H-pyrrole nitrogens is 1. The van der Waals surface area contributed by atoms with Crippen molar-refractivity contribution < 1.29 is 19.0 Å². The second-order valence-corrected chi connectivity index (χ2v) is 4.07. The molecule has 0 aliphatic carbocycles. The number of imidazole rings is 1. The molecular weight excluding hydrogens is 254 g/mol. The Hall–Kier alpha value is -2.63. The number of rotatable bonds is 1. The van der Waals surface area contributed by atoms with Crippen LogP contribution in [0.3, 0.4) is 0 Å². The fourth-order valence-corrected chi connectivity index (χ4v) is 1.85. The summed E-state index contributed by atoms with van der Waals surface area (Å²) in [5.41, 5.74) is 0.783. The highest BCUT2D eigenvalue weighted by atomic mass is 19.2. The summed E-state index contributed by atoms with van der Waals surface area (Å²) in [7, 11) is 0. The van der Waals surface area contributed by atoms with E-state index in [2.05, 4.69) is 9.97 Å². The maximum absolute atomic E-state index is 13.1. The molecule has 0 aliphatic rings. The summed E-state index contributed by atoms with van der Waals surface area (Å²) in [5.74, 6) is -1.91. The van der Waals surface area contributed by atoms with E-state index in [0.29, 0.717) is 5.52 Å². The number of hydrogen-bond acceptors (Lipinski definition) is 3. The minimum atomic E-state index is -0.995. The Balaban J connectivity index is 2.23. The summed E-state index contributed by atoms with van der Waals surface area (Å²) < 4.78 is 26.2. The van der Waals surface area contributed by atoms with Gasteiger partial charge in [-0.15, -0.1) is 0 Å². The third kappa shape index (κ3) is 1.87. The van der Waals surface area contributed by atoms with Gasteiger partial charge in [-0.3, -0.25) is 0 Å². The lowest BCUT2D eigenvalue weighted by Gasteiger charge is -2.01. The van der Waals surface area contributed by atoms with Gasteiger partial charge in [-0.25, -0.2) is 13.8 Å². The van der Waals surface area contributed by atoms with Gasteiger partial charge in [-0.2, -0.15) is 0 Å². The van der Waals surface area contributed by atoms with Gasteiger partial charge in [0.2, 0.25) is 0 Å². The highest BCUT2D eigenvalue weighted by Crippen LogP contribution is 2.31. The first-order chi connectivity index (χ1) is 9.04. The first kappa shape index (κ1) is 11.5. The molecule has 0 spiro atoms. The van der Waals surface area contributed by atoms with Gasteiger partial charge in [0, 0.05) is 12.1 Å². The average molecular weight is 262 g/mol. The molecule has 0 fully saturated rings. The third-order valence-corrected chi connectivity index (χ3v) is 2.76. The molecule has 0 saturated carbocycles. The zero-order valence-electron chi connectivity index (χ0n) is 9.48. The van der Waals surface area contributed by atoms with Crippen molar-refractivity contribution in [1.82, 2.24) is 9.97 Å². The average Bonchev–Trinajstić information content (AvgIpc) is 2.75. The van der Waals surface area contributed by atoms with Gasteiger partial charge >= 0.3 is 0 Å². The largest absolute Gasteiger partial charge is 0.508 e. The molecule has 2 aromatic carbocycles. The van der Waals surface area contributed by atoms with E-state index in [1.807, 2.05) is 0 Å². The Bertz CT molecular complexity index is 745. The number of hydrogen-bond donors (Lipinski definition) is 3. The van der Waals surface area contributed by atoms with Crippen LogP contribution in [0.1, 0.15) is 0 Å². The van der Waals surface area contributed by atoms with Crippen LogP contribution in [-0.2, 0) is 0 Å². The molecule has 3 N–H and O–H groups in total. The summed E-state index contributed by atoms with van der Waals surface area (Å²) in [6.07, 6.45) is 0. The van der Waals surface area contributed by atoms with E-state index in [1.165, 1.54) is 18.2 Å². The van der Waals surface area contributed by atoms with Gasteiger partial charge in [-0.1, -0.05) is 0 Å². The molecule has 3 aromatic rings. The van der Waals surface area contributed by atoms with Crippen LogP contribution < -0.4 is 0 Å². The Labute approximate surface area is 106 Å². The third-order valence-electron chi connectivity index (χ3n) is 2.76. The monoisotopic (exact) mass is 262 g/mol. The van der Waals surface area contributed by atoms with Crippen LogP contribution in [0.4, 0.5) is 8.78 Å². The molecule has 0 atom stereocenters. The van der Waals surface area contributed by atoms with E-state index < -0.39 is 11.6 Å². The zero-order valence-corrected chi connectivity index (χ0v) is 9.48. The molecule has 1 aromatic heterocycles. The summed E-state index contributed by atoms with van der Waals surface area (Å²) in [4.78, 5) is 6.81. The first-order valence-corrected chi connectivity index (χ1v) is 5.42. The van der Waals surface area contributed by atoms with Gasteiger partial charge in [0.1, 0.15) is 17.3 Å². The lowest BCUT2D eigenvalue weighted by molar-refractivity contribution is 0.461. The highest BCUT2D eigenvalue weighted by Gasteiger charge is 2.13. The molecule has 6 heteroatoms. The number of aromatic nitrogens is 2. The minimum Gasteiger partial charge on any atom is -0.508 e. The van der Waals surface area contributed by atoms with E-state index in [-0.39, 0.29) is 28.4 Å². The first-order valence-electron chi connectivity index (χ1n) is 5.42. The smallest absolute Gasteiger partial charge is 0.161 e. The zero-order chi connectivity index (χ0) is 13.6. The van der Waals surface area contributed by atoms with Crippen LogP contribution in [0.25, 0.3) is 22.4 Å². The number of phenolic OH excluding ortho intramolecular Hbond substituents is 2.